The molecule has 0 atom stereocenters. The Morgan fingerprint density at radius 3 is 1.53 bits per heavy atom. The first kappa shape index (κ1) is 28.0. The molecule has 0 saturated carbocycles. The summed E-state index contributed by atoms with van der Waals surface area (Å²) in [6, 6.07) is 65.4. The Hall–Kier alpha value is -6.84. The summed E-state index contributed by atoms with van der Waals surface area (Å²) in [5.41, 5.74) is 13.7. The summed E-state index contributed by atoms with van der Waals surface area (Å²) in [6.45, 7) is 0. The molecule has 0 spiro atoms. The molecule has 3 heterocycles. The van der Waals surface area contributed by atoms with Crippen LogP contribution in [0.15, 0.2) is 186 Å². The van der Waals surface area contributed by atoms with E-state index in [-0.39, 0.29) is 0 Å². The number of nitrogens with zero attached hydrogens (tertiary/aromatic N) is 2. The van der Waals surface area contributed by atoms with E-state index in [1.54, 1.807) is 0 Å². The first-order valence-corrected chi connectivity index (χ1v) is 17.4. The zero-order valence-corrected chi connectivity index (χ0v) is 27.6. The molecule has 0 amide bonds. The van der Waals surface area contributed by atoms with Crippen LogP contribution >= 0.6 is 0 Å². The number of aromatic nitrogens is 2. The fourth-order valence-electron chi connectivity index (χ4n) is 8.20. The molecule has 3 aromatic heterocycles. The first-order chi connectivity index (χ1) is 25.3. The molecule has 0 bridgehead atoms. The predicted molar refractivity (Wildman–Crippen MR) is 213 cm³/mol. The molecule has 0 saturated heterocycles. The van der Waals surface area contributed by atoms with E-state index in [9.17, 15) is 0 Å². The minimum Gasteiger partial charge on any atom is -0.455 e. The largest absolute Gasteiger partial charge is 0.455 e. The third-order valence-corrected chi connectivity index (χ3v) is 10.5. The van der Waals surface area contributed by atoms with Crippen molar-refractivity contribution in [1.29, 1.82) is 0 Å². The maximum Gasteiger partial charge on any atom is 0.145 e. The molecule has 0 radical (unpaired) electrons. The maximum atomic E-state index is 6.49. The van der Waals surface area contributed by atoms with Gasteiger partial charge in [-0.15, -0.1) is 0 Å². The van der Waals surface area contributed by atoms with Gasteiger partial charge in [0, 0.05) is 38.3 Å². The van der Waals surface area contributed by atoms with E-state index in [2.05, 4.69) is 185 Å². The van der Waals surface area contributed by atoms with Crippen LogP contribution in [0.5, 0.6) is 0 Å². The van der Waals surface area contributed by atoms with E-state index in [4.69, 9.17) is 4.42 Å². The number of hydrogen-bond acceptors (Lipinski definition) is 1. The lowest BCUT2D eigenvalue weighted by atomic mass is 10.00. The van der Waals surface area contributed by atoms with Crippen molar-refractivity contribution in [2.75, 3.05) is 0 Å². The highest BCUT2D eigenvalue weighted by Crippen LogP contribution is 2.41. The van der Waals surface area contributed by atoms with Gasteiger partial charge < -0.3 is 13.6 Å². The van der Waals surface area contributed by atoms with Crippen molar-refractivity contribution < 1.29 is 4.42 Å². The van der Waals surface area contributed by atoms with E-state index in [0.717, 1.165) is 44.2 Å². The molecule has 0 fully saturated rings. The molecule has 51 heavy (non-hydrogen) atoms. The second-order valence-corrected chi connectivity index (χ2v) is 13.3. The van der Waals surface area contributed by atoms with Crippen molar-refractivity contribution in [3.8, 4) is 33.6 Å². The van der Waals surface area contributed by atoms with Gasteiger partial charge in [0.05, 0.1) is 27.5 Å². The molecule has 8 aromatic carbocycles. The molecule has 0 aliphatic heterocycles. The lowest BCUT2D eigenvalue weighted by molar-refractivity contribution is 0.673. The Balaban J connectivity index is 0.953. The maximum absolute atomic E-state index is 6.49. The minimum atomic E-state index is 0.919. The number of fused-ring (bicyclic) bond motifs is 10. The van der Waals surface area contributed by atoms with Crippen molar-refractivity contribution in [3.05, 3.63) is 182 Å². The highest BCUT2D eigenvalue weighted by Gasteiger charge is 2.18. The topological polar surface area (TPSA) is 23.0 Å². The summed E-state index contributed by atoms with van der Waals surface area (Å²) in [5.74, 6) is 0. The monoisotopic (exact) mass is 650 g/mol. The zero-order valence-electron chi connectivity index (χ0n) is 27.6. The smallest absolute Gasteiger partial charge is 0.145 e. The van der Waals surface area contributed by atoms with Crippen molar-refractivity contribution in [3.63, 3.8) is 0 Å². The van der Waals surface area contributed by atoms with Crippen molar-refractivity contribution in [2.24, 2.45) is 0 Å². The van der Waals surface area contributed by atoms with Crippen LogP contribution in [-0.2, 0) is 0 Å². The van der Waals surface area contributed by atoms with Crippen LogP contribution in [0, 0.1) is 0 Å². The Morgan fingerprint density at radius 2 is 0.843 bits per heavy atom. The van der Waals surface area contributed by atoms with E-state index >= 15 is 0 Å². The van der Waals surface area contributed by atoms with E-state index < -0.39 is 0 Å². The molecule has 0 aliphatic carbocycles. The SMILES string of the molecule is c1cc(-c2ccc(-c3ccc(-n4c5ccccc5c5c6oc7ccccc7c6ccc54)cc3)cc2)cc(-n2c3ccccc3c3ccccc32)c1. The van der Waals surface area contributed by atoms with Crippen LogP contribution < -0.4 is 0 Å². The zero-order chi connectivity index (χ0) is 33.5. The van der Waals surface area contributed by atoms with Crippen LogP contribution in [0.3, 0.4) is 0 Å². The van der Waals surface area contributed by atoms with Crippen molar-refractivity contribution >= 4 is 65.6 Å². The fraction of sp³-hybridized carbons (Fsp3) is 0. The second kappa shape index (κ2) is 10.8. The normalized spacial score (nSPS) is 11.9. The molecular formula is C48H30N2O. The highest BCUT2D eigenvalue weighted by atomic mass is 16.3. The quantitative estimate of drug-likeness (QED) is 0.186. The Kier molecular flexibility index (Phi) is 5.96. The van der Waals surface area contributed by atoms with Crippen molar-refractivity contribution in [2.45, 2.75) is 0 Å². The van der Waals surface area contributed by atoms with Gasteiger partial charge in [0.1, 0.15) is 11.2 Å². The van der Waals surface area contributed by atoms with Gasteiger partial charge in [-0.3, -0.25) is 0 Å². The average molecular weight is 651 g/mol. The Morgan fingerprint density at radius 1 is 0.314 bits per heavy atom. The molecule has 238 valence electrons. The lowest BCUT2D eigenvalue weighted by Crippen LogP contribution is -1.94. The van der Waals surface area contributed by atoms with Crippen LogP contribution in [0.1, 0.15) is 0 Å². The number of para-hydroxylation sites is 4. The minimum absolute atomic E-state index is 0.919. The molecule has 11 aromatic rings. The van der Waals surface area contributed by atoms with Gasteiger partial charge in [-0.05, 0) is 82.9 Å². The lowest BCUT2D eigenvalue weighted by Gasteiger charge is -2.11. The summed E-state index contributed by atoms with van der Waals surface area (Å²) < 4.78 is 11.2. The van der Waals surface area contributed by atoms with E-state index in [0.29, 0.717) is 0 Å². The van der Waals surface area contributed by atoms with Crippen LogP contribution in [-0.4, -0.2) is 9.13 Å². The summed E-state index contributed by atoms with van der Waals surface area (Å²) in [5, 5.41) is 7.20. The van der Waals surface area contributed by atoms with Gasteiger partial charge in [0.25, 0.3) is 0 Å². The van der Waals surface area contributed by atoms with Gasteiger partial charge in [0.15, 0.2) is 0 Å². The Bertz CT molecular complexity index is 3070. The standard InChI is InChI=1S/C48H30N2O/c1-5-16-42-37(12-1)38-13-2-6-17-43(38)50(42)36-11-9-10-34(30-36)33-22-20-31(21-23-33)32-24-26-35(27-25-32)49-44-18-7-3-15-41(44)47-45(49)29-28-40-39-14-4-8-19-46(39)51-48(40)47/h1-30H. The molecule has 11 rings (SSSR count). The van der Waals surface area contributed by atoms with Gasteiger partial charge in [0.2, 0.25) is 0 Å². The van der Waals surface area contributed by atoms with Gasteiger partial charge in [-0.25, -0.2) is 0 Å². The molecule has 0 unspecified atom stereocenters. The first-order valence-electron chi connectivity index (χ1n) is 17.4. The van der Waals surface area contributed by atoms with Gasteiger partial charge >= 0.3 is 0 Å². The number of furan rings is 1. The third-order valence-electron chi connectivity index (χ3n) is 10.5. The molecule has 0 N–H and O–H groups in total. The molecular weight excluding hydrogens is 621 g/mol. The second-order valence-electron chi connectivity index (χ2n) is 13.3. The molecule has 0 aliphatic rings. The summed E-state index contributed by atoms with van der Waals surface area (Å²) in [4.78, 5) is 0. The summed E-state index contributed by atoms with van der Waals surface area (Å²) >= 11 is 0. The number of rotatable bonds is 4. The van der Waals surface area contributed by atoms with Gasteiger partial charge in [-0.2, -0.15) is 0 Å². The average Bonchev–Trinajstić information content (AvgIpc) is 3.86. The number of hydrogen-bond donors (Lipinski definition) is 0. The third kappa shape index (κ3) is 4.19. The van der Waals surface area contributed by atoms with Crippen LogP contribution in [0.2, 0.25) is 0 Å². The Labute approximate surface area is 293 Å². The molecule has 3 nitrogen and oxygen atoms in total. The van der Waals surface area contributed by atoms with E-state index in [1.165, 1.54) is 55.0 Å². The fourth-order valence-corrected chi connectivity index (χ4v) is 8.20. The summed E-state index contributed by atoms with van der Waals surface area (Å²) in [6.07, 6.45) is 0. The van der Waals surface area contributed by atoms with Gasteiger partial charge in [-0.1, -0.05) is 121 Å². The van der Waals surface area contributed by atoms with Crippen LogP contribution in [0.4, 0.5) is 0 Å². The van der Waals surface area contributed by atoms with E-state index in [1.807, 2.05) is 6.07 Å². The van der Waals surface area contributed by atoms with Crippen molar-refractivity contribution in [1.82, 2.24) is 9.13 Å². The molecule has 3 heteroatoms. The van der Waals surface area contributed by atoms with Crippen LogP contribution in [0.25, 0.3) is 99.2 Å². The summed E-state index contributed by atoms with van der Waals surface area (Å²) in [7, 11) is 0. The number of benzene rings is 8. The highest BCUT2D eigenvalue weighted by molar-refractivity contribution is 6.23. The predicted octanol–water partition coefficient (Wildman–Crippen LogP) is 13.1.